The van der Waals surface area contributed by atoms with E-state index in [0.717, 1.165) is 35.9 Å². The Bertz CT molecular complexity index is 561. The lowest BCUT2D eigenvalue weighted by molar-refractivity contribution is -0.00177. The summed E-state index contributed by atoms with van der Waals surface area (Å²) in [6.07, 6.45) is 3.98. The average molecular weight is 242 g/mol. The number of hydrogen-bond acceptors (Lipinski definition) is 3. The maximum atomic E-state index is 6.36. The topological polar surface area (TPSA) is 48.1 Å². The summed E-state index contributed by atoms with van der Waals surface area (Å²) < 4.78 is 5.82. The van der Waals surface area contributed by atoms with Crippen LogP contribution in [0.4, 0.5) is 0 Å². The lowest BCUT2D eigenvalue weighted by Gasteiger charge is -2.30. The highest BCUT2D eigenvalue weighted by molar-refractivity contribution is 5.78. The predicted molar refractivity (Wildman–Crippen MR) is 72.3 cm³/mol. The Morgan fingerprint density at radius 3 is 3.00 bits per heavy atom. The van der Waals surface area contributed by atoms with Gasteiger partial charge in [0.1, 0.15) is 0 Å². The summed E-state index contributed by atoms with van der Waals surface area (Å²) in [5.74, 6) is 0. The molecule has 1 saturated heterocycles. The van der Waals surface area contributed by atoms with Crippen molar-refractivity contribution in [2.75, 3.05) is 6.61 Å². The van der Waals surface area contributed by atoms with Gasteiger partial charge in [0.05, 0.1) is 17.2 Å². The smallest absolute Gasteiger partial charge is 0.0847 e. The summed E-state index contributed by atoms with van der Waals surface area (Å²) in [6.45, 7) is 2.91. The van der Waals surface area contributed by atoms with E-state index >= 15 is 0 Å². The molecule has 0 saturated carbocycles. The molecule has 0 spiro atoms. The Kier molecular flexibility index (Phi) is 2.80. The van der Waals surface area contributed by atoms with Crippen molar-refractivity contribution in [2.24, 2.45) is 5.73 Å². The summed E-state index contributed by atoms with van der Waals surface area (Å²) in [6, 6.07) is 10.1. The number of fused-ring (bicyclic) bond motifs is 1. The van der Waals surface area contributed by atoms with Crippen LogP contribution in [0.1, 0.15) is 31.4 Å². The molecule has 3 heteroatoms. The molecular formula is C15H18N2O. The molecule has 1 aromatic heterocycles. The molecule has 0 bridgehead atoms. The minimum absolute atomic E-state index is 0.114. The van der Waals surface area contributed by atoms with Gasteiger partial charge >= 0.3 is 0 Å². The lowest BCUT2D eigenvalue weighted by atomic mass is 9.89. The first-order valence-corrected chi connectivity index (χ1v) is 6.43. The van der Waals surface area contributed by atoms with E-state index in [2.05, 4.69) is 24.0 Å². The Morgan fingerprint density at radius 2 is 2.22 bits per heavy atom. The molecule has 2 atom stereocenters. The summed E-state index contributed by atoms with van der Waals surface area (Å²) in [4.78, 5) is 4.47. The summed E-state index contributed by atoms with van der Waals surface area (Å²) >= 11 is 0. The summed E-state index contributed by atoms with van der Waals surface area (Å²) in [5.41, 5.74) is 8.17. The van der Waals surface area contributed by atoms with Crippen molar-refractivity contribution in [3.63, 3.8) is 0 Å². The number of pyridine rings is 1. The van der Waals surface area contributed by atoms with Gasteiger partial charge in [0.25, 0.3) is 0 Å². The molecule has 1 aliphatic rings. The fraction of sp³-hybridized carbons (Fsp3) is 0.400. The normalized spacial score (nSPS) is 25.4. The first kappa shape index (κ1) is 11.6. The van der Waals surface area contributed by atoms with Crippen molar-refractivity contribution in [3.05, 3.63) is 42.1 Å². The summed E-state index contributed by atoms with van der Waals surface area (Å²) in [7, 11) is 0. The molecule has 1 fully saturated rings. The van der Waals surface area contributed by atoms with Crippen molar-refractivity contribution >= 4 is 10.9 Å². The number of ether oxygens (including phenoxy) is 1. The molecular weight excluding hydrogens is 224 g/mol. The monoisotopic (exact) mass is 242 g/mol. The third-order valence-electron chi connectivity index (χ3n) is 3.88. The minimum atomic E-state index is -0.246. The third kappa shape index (κ3) is 1.89. The van der Waals surface area contributed by atoms with E-state index in [1.807, 2.05) is 24.4 Å². The van der Waals surface area contributed by atoms with Crippen LogP contribution < -0.4 is 5.73 Å². The van der Waals surface area contributed by atoms with Gasteiger partial charge in [0, 0.05) is 18.2 Å². The van der Waals surface area contributed by atoms with Gasteiger partial charge in [-0.05, 0) is 37.5 Å². The molecule has 2 unspecified atom stereocenters. The number of benzene rings is 1. The van der Waals surface area contributed by atoms with E-state index in [1.54, 1.807) is 0 Å². The van der Waals surface area contributed by atoms with Crippen molar-refractivity contribution in [2.45, 2.75) is 31.4 Å². The molecule has 2 aromatic rings. The first-order valence-electron chi connectivity index (χ1n) is 6.43. The molecule has 2 N–H and O–H groups in total. The first-order chi connectivity index (χ1) is 8.69. The average Bonchev–Trinajstić information content (AvgIpc) is 2.85. The zero-order valence-corrected chi connectivity index (χ0v) is 10.6. The molecule has 0 amide bonds. The van der Waals surface area contributed by atoms with Crippen LogP contribution in [0.15, 0.2) is 36.5 Å². The van der Waals surface area contributed by atoms with Gasteiger partial charge in [-0.3, -0.25) is 4.98 Å². The number of nitrogens with two attached hydrogens (primary N) is 1. The van der Waals surface area contributed by atoms with Crippen LogP contribution in [0.2, 0.25) is 0 Å². The van der Waals surface area contributed by atoms with E-state index in [4.69, 9.17) is 10.5 Å². The van der Waals surface area contributed by atoms with Crippen LogP contribution in [-0.2, 0) is 4.74 Å². The van der Waals surface area contributed by atoms with Crippen molar-refractivity contribution in [1.82, 2.24) is 4.98 Å². The Hall–Kier alpha value is -1.45. The van der Waals surface area contributed by atoms with Crippen LogP contribution in [0.25, 0.3) is 10.9 Å². The van der Waals surface area contributed by atoms with Crippen LogP contribution in [0.5, 0.6) is 0 Å². The largest absolute Gasteiger partial charge is 0.373 e. The number of aromatic nitrogens is 1. The number of nitrogens with zero attached hydrogens (tertiary/aromatic N) is 1. The molecule has 1 aromatic carbocycles. The Balaban J connectivity index is 1.98. The van der Waals surface area contributed by atoms with Crippen molar-refractivity contribution in [3.8, 4) is 0 Å². The minimum Gasteiger partial charge on any atom is -0.373 e. The maximum absolute atomic E-state index is 6.36. The van der Waals surface area contributed by atoms with E-state index in [9.17, 15) is 0 Å². The van der Waals surface area contributed by atoms with Crippen LogP contribution >= 0.6 is 0 Å². The van der Waals surface area contributed by atoms with E-state index in [0.29, 0.717) is 0 Å². The van der Waals surface area contributed by atoms with Gasteiger partial charge in [-0.1, -0.05) is 18.2 Å². The van der Waals surface area contributed by atoms with Crippen molar-refractivity contribution < 1.29 is 4.74 Å². The number of hydrogen-bond donors (Lipinski definition) is 1. The number of rotatable bonds is 2. The second-order valence-electron chi connectivity index (χ2n) is 5.20. The second-order valence-corrected chi connectivity index (χ2v) is 5.20. The highest BCUT2D eigenvalue weighted by Gasteiger charge is 2.37. The van der Waals surface area contributed by atoms with Crippen LogP contribution in [0.3, 0.4) is 0 Å². The molecule has 3 nitrogen and oxygen atoms in total. The third-order valence-corrected chi connectivity index (χ3v) is 3.88. The van der Waals surface area contributed by atoms with Crippen molar-refractivity contribution in [1.29, 1.82) is 0 Å². The van der Waals surface area contributed by atoms with Gasteiger partial charge in [-0.15, -0.1) is 0 Å². The Labute approximate surface area is 107 Å². The van der Waals surface area contributed by atoms with E-state index in [-0.39, 0.29) is 11.6 Å². The molecule has 1 aliphatic heterocycles. The molecule has 0 radical (unpaired) electrons. The van der Waals surface area contributed by atoms with E-state index in [1.165, 1.54) is 0 Å². The van der Waals surface area contributed by atoms with Gasteiger partial charge < -0.3 is 10.5 Å². The van der Waals surface area contributed by atoms with Crippen LogP contribution in [-0.4, -0.2) is 17.2 Å². The van der Waals surface area contributed by atoms with Gasteiger partial charge in [-0.2, -0.15) is 0 Å². The zero-order chi connectivity index (χ0) is 12.6. The van der Waals surface area contributed by atoms with Gasteiger partial charge in [-0.25, -0.2) is 0 Å². The quantitative estimate of drug-likeness (QED) is 0.881. The maximum Gasteiger partial charge on any atom is 0.0847 e. The van der Waals surface area contributed by atoms with E-state index < -0.39 is 0 Å². The zero-order valence-electron chi connectivity index (χ0n) is 10.6. The summed E-state index contributed by atoms with van der Waals surface area (Å²) in [5, 5.41) is 1.13. The molecule has 0 aliphatic carbocycles. The highest BCUT2D eigenvalue weighted by Crippen LogP contribution is 2.36. The molecule has 2 heterocycles. The standard InChI is InChI=1S/C15H18N2O/c1-15(7-4-8-18-15)14(16)12-9-11-5-2-3-6-13(11)17-10-12/h2-3,5-6,9-10,14H,4,7-8,16H2,1H3. The second kappa shape index (κ2) is 4.34. The fourth-order valence-electron chi connectivity index (χ4n) is 2.66. The van der Waals surface area contributed by atoms with Crippen LogP contribution in [0, 0.1) is 0 Å². The number of para-hydroxylation sites is 1. The van der Waals surface area contributed by atoms with Gasteiger partial charge in [0.2, 0.25) is 0 Å². The molecule has 3 rings (SSSR count). The fourth-order valence-corrected chi connectivity index (χ4v) is 2.66. The van der Waals surface area contributed by atoms with Gasteiger partial charge in [0.15, 0.2) is 0 Å². The molecule has 94 valence electrons. The SMILES string of the molecule is CC1(C(N)c2cnc3ccccc3c2)CCCO1. The Morgan fingerprint density at radius 1 is 1.39 bits per heavy atom. The predicted octanol–water partition coefficient (Wildman–Crippen LogP) is 2.80. The highest BCUT2D eigenvalue weighted by atomic mass is 16.5. The molecule has 18 heavy (non-hydrogen) atoms. The lowest BCUT2D eigenvalue weighted by Crippen LogP contribution is -2.37.